The summed E-state index contributed by atoms with van der Waals surface area (Å²) in [6.07, 6.45) is 0.829. The van der Waals surface area contributed by atoms with E-state index in [0.29, 0.717) is 0 Å². The summed E-state index contributed by atoms with van der Waals surface area (Å²) < 4.78 is 24.8. The number of nitro benzene ring substituents is 1. The summed E-state index contributed by atoms with van der Waals surface area (Å²) in [6, 6.07) is 5.07. The maximum atomic E-state index is 12.1. The van der Waals surface area contributed by atoms with Gasteiger partial charge in [0.2, 0.25) is 0 Å². The average Bonchev–Trinajstić information content (AvgIpc) is 2.47. The standard InChI is InChI=1S/C14H13N3O6S/c1-8(18)11-12(9-4-6-10(7-5-9)17(20)21)15-16(2)14(19)13(11)24(3,22)23/h4-7H,1-3H3. The highest BCUT2D eigenvalue weighted by atomic mass is 32.2. The lowest BCUT2D eigenvalue weighted by atomic mass is 10.0. The molecular formula is C14H13N3O6S. The molecule has 1 aromatic heterocycles. The highest BCUT2D eigenvalue weighted by molar-refractivity contribution is 7.90. The summed E-state index contributed by atoms with van der Waals surface area (Å²) in [4.78, 5) is 33.6. The van der Waals surface area contributed by atoms with E-state index in [2.05, 4.69) is 5.10 Å². The van der Waals surface area contributed by atoms with E-state index in [1.54, 1.807) is 0 Å². The molecule has 0 aliphatic heterocycles. The van der Waals surface area contributed by atoms with Crippen LogP contribution in [-0.2, 0) is 16.9 Å². The van der Waals surface area contributed by atoms with Crippen molar-refractivity contribution in [3.63, 3.8) is 0 Å². The molecule has 0 saturated carbocycles. The van der Waals surface area contributed by atoms with Crippen molar-refractivity contribution in [2.45, 2.75) is 11.8 Å². The van der Waals surface area contributed by atoms with Crippen LogP contribution in [0.25, 0.3) is 11.3 Å². The predicted molar refractivity (Wildman–Crippen MR) is 84.7 cm³/mol. The van der Waals surface area contributed by atoms with Gasteiger partial charge in [-0.1, -0.05) is 0 Å². The number of aromatic nitrogens is 2. The molecule has 0 unspecified atom stereocenters. The largest absolute Gasteiger partial charge is 0.294 e. The topological polar surface area (TPSA) is 129 Å². The van der Waals surface area contributed by atoms with Gasteiger partial charge in [-0.3, -0.25) is 19.7 Å². The van der Waals surface area contributed by atoms with E-state index in [1.165, 1.54) is 31.3 Å². The molecule has 2 rings (SSSR count). The predicted octanol–water partition coefficient (Wildman–Crippen LogP) is 0.962. The lowest BCUT2D eigenvalue weighted by Crippen LogP contribution is -2.29. The van der Waals surface area contributed by atoms with Gasteiger partial charge >= 0.3 is 0 Å². The maximum absolute atomic E-state index is 12.1. The van der Waals surface area contributed by atoms with E-state index in [0.717, 1.165) is 17.9 Å². The van der Waals surface area contributed by atoms with Crippen molar-refractivity contribution in [1.82, 2.24) is 9.78 Å². The smallest absolute Gasteiger partial charge is 0.286 e. The quantitative estimate of drug-likeness (QED) is 0.455. The number of nitro groups is 1. The van der Waals surface area contributed by atoms with Crippen LogP contribution in [0, 0.1) is 10.1 Å². The molecule has 0 atom stereocenters. The Morgan fingerprint density at radius 3 is 2.21 bits per heavy atom. The molecule has 2 aromatic rings. The molecule has 0 radical (unpaired) electrons. The van der Waals surface area contributed by atoms with Crippen molar-refractivity contribution in [2.24, 2.45) is 7.05 Å². The second-order valence-electron chi connectivity index (χ2n) is 5.11. The summed E-state index contributed by atoms with van der Waals surface area (Å²) in [7, 11) is -2.73. The first-order valence-electron chi connectivity index (χ1n) is 6.61. The van der Waals surface area contributed by atoms with Gasteiger partial charge < -0.3 is 0 Å². The van der Waals surface area contributed by atoms with Crippen LogP contribution < -0.4 is 5.56 Å². The summed E-state index contributed by atoms with van der Waals surface area (Å²) in [5.74, 6) is -0.644. The second kappa shape index (κ2) is 5.96. The average molecular weight is 351 g/mol. The Kier molecular flexibility index (Phi) is 4.34. The van der Waals surface area contributed by atoms with Crippen LogP contribution in [-0.4, -0.2) is 35.2 Å². The number of aryl methyl sites for hydroxylation is 1. The molecule has 0 amide bonds. The fraction of sp³-hybridized carbons (Fsp3) is 0.214. The summed E-state index contributed by atoms with van der Waals surface area (Å²) in [5, 5.41) is 14.7. The molecule has 1 aromatic carbocycles. The summed E-state index contributed by atoms with van der Waals surface area (Å²) in [5.41, 5.74) is -1.15. The number of non-ortho nitro benzene ring substituents is 1. The molecule has 126 valence electrons. The first kappa shape index (κ1) is 17.5. The van der Waals surface area contributed by atoms with Crippen LogP contribution in [0.3, 0.4) is 0 Å². The normalized spacial score (nSPS) is 11.3. The molecule has 10 heteroatoms. The van der Waals surface area contributed by atoms with Crippen LogP contribution in [0.5, 0.6) is 0 Å². The fourth-order valence-corrected chi connectivity index (χ4v) is 3.28. The van der Waals surface area contributed by atoms with Crippen LogP contribution >= 0.6 is 0 Å². The Morgan fingerprint density at radius 2 is 1.79 bits per heavy atom. The number of ketones is 1. The zero-order chi connectivity index (χ0) is 18.2. The highest BCUT2D eigenvalue weighted by Crippen LogP contribution is 2.26. The fourth-order valence-electron chi connectivity index (χ4n) is 2.22. The van der Waals surface area contributed by atoms with Gasteiger partial charge in [0.25, 0.3) is 11.2 Å². The lowest BCUT2D eigenvalue weighted by Gasteiger charge is -2.12. The van der Waals surface area contributed by atoms with E-state index < -0.39 is 31.0 Å². The van der Waals surface area contributed by atoms with Crippen molar-refractivity contribution in [1.29, 1.82) is 0 Å². The zero-order valence-electron chi connectivity index (χ0n) is 13.0. The third-order valence-corrected chi connectivity index (χ3v) is 4.40. The monoisotopic (exact) mass is 351 g/mol. The third-order valence-electron chi connectivity index (χ3n) is 3.28. The van der Waals surface area contributed by atoms with Gasteiger partial charge in [0.15, 0.2) is 15.6 Å². The minimum Gasteiger partial charge on any atom is -0.294 e. The molecule has 24 heavy (non-hydrogen) atoms. The van der Waals surface area contributed by atoms with E-state index in [1.807, 2.05) is 0 Å². The lowest BCUT2D eigenvalue weighted by molar-refractivity contribution is -0.384. The van der Waals surface area contributed by atoms with Crippen molar-refractivity contribution >= 4 is 21.3 Å². The zero-order valence-corrected chi connectivity index (χ0v) is 13.8. The minimum absolute atomic E-state index is 0.0278. The van der Waals surface area contributed by atoms with Crippen LogP contribution in [0.2, 0.25) is 0 Å². The third kappa shape index (κ3) is 3.08. The Labute approximate surface area is 136 Å². The minimum atomic E-state index is -3.99. The second-order valence-corrected chi connectivity index (χ2v) is 7.07. The van der Waals surface area contributed by atoms with E-state index >= 15 is 0 Å². The summed E-state index contributed by atoms with van der Waals surface area (Å²) >= 11 is 0. The Balaban J connectivity index is 2.89. The van der Waals surface area contributed by atoms with Crippen molar-refractivity contribution < 1.29 is 18.1 Å². The van der Waals surface area contributed by atoms with Gasteiger partial charge in [0, 0.05) is 31.0 Å². The molecule has 0 fully saturated rings. The van der Waals surface area contributed by atoms with Crippen LogP contribution in [0.15, 0.2) is 34.0 Å². The Bertz CT molecular complexity index is 1010. The van der Waals surface area contributed by atoms with Gasteiger partial charge in [-0.05, 0) is 19.1 Å². The number of carbonyl (C=O) groups excluding carboxylic acids is 1. The number of carbonyl (C=O) groups is 1. The van der Waals surface area contributed by atoms with Gasteiger partial charge in [0.05, 0.1) is 10.5 Å². The Hall–Kier alpha value is -2.88. The summed E-state index contributed by atoms with van der Waals surface area (Å²) in [6.45, 7) is 1.13. The van der Waals surface area contributed by atoms with Gasteiger partial charge in [0.1, 0.15) is 10.6 Å². The number of hydrogen-bond acceptors (Lipinski definition) is 7. The van der Waals surface area contributed by atoms with Crippen molar-refractivity contribution in [3.8, 4) is 11.3 Å². The molecule has 9 nitrogen and oxygen atoms in total. The van der Waals surface area contributed by atoms with E-state index in [9.17, 15) is 28.1 Å². The SMILES string of the molecule is CC(=O)c1c(-c2ccc([N+](=O)[O-])cc2)nn(C)c(=O)c1S(C)(=O)=O. The number of sulfone groups is 1. The van der Waals surface area contributed by atoms with Gasteiger partial charge in [-0.25, -0.2) is 13.1 Å². The number of hydrogen-bond donors (Lipinski definition) is 0. The maximum Gasteiger partial charge on any atom is 0.286 e. The van der Waals surface area contributed by atoms with Crippen LogP contribution in [0.1, 0.15) is 17.3 Å². The first-order valence-corrected chi connectivity index (χ1v) is 8.50. The van der Waals surface area contributed by atoms with Crippen LogP contribution in [0.4, 0.5) is 5.69 Å². The number of Topliss-reactive ketones (excluding diaryl/α,β-unsaturated/α-hetero) is 1. The molecule has 0 aliphatic rings. The first-order chi connectivity index (χ1) is 11.0. The molecule has 1 heterocycles. The number of benzene rings is 1. The number of nitrogens with zero attached hydrogens (tertiary/aromatic N) is 3. The van der Waals surface area contributed by atoms with Gasteiger partial charge in [-0.2, -0.15) is 5.10 Å². The molecular weight excluding hydrogens is 338 g/mol. The molecule has 0 aliphatic carbocycles. The van der Waals surface area contributed by atoms with Crippen molar-refractivity contribution in [3.05, 3.63) is 50.3 Å². The highest BCUT2D eigenvalue weighted by Gasteiger charge is 2.27. The van der Waals surface area contributed by atoms with E-state index in [-0.39, 0.29) is 22.5 Å². The van der Waals surface area contributed by atoms with E-state index in [4.69, 9.17) is 0 Å². The number of rotatable bonds is 4. The Morgan fingerprint density at radius 1 is 1.25 bits per heavy atom. The molecule has 0 spiro atoms. The molecule has 0 N–H and O–H groups in total. The van der Waals surface area contributed by atoms with Crippen molar-refractivity contribution in [2.75, 3.05) is 6.26 Å². The molecule has 0 saturated heterocycles. The molecule has 0 bridgehead atoms. The van der Waals surface area contributed by atoms with Gasteiger partial charge in [-0.15, -0.1) is 0 Å².